The number of piperidine rings is 1. The molecular weight excluding hydrogens is 402 g/mol. The van der Waals surface area contributed by atoms with Gasteiger partial charge in [0.25, 0.3) is 5.91 Å². The van der Waals surface area contributed by atoms with Gasteiger partial charge in [-0.2, -0.15) is 0 Å². The number of aromatic nitrogens is 2. The predicted octanol–water partition coefficient (Wildman–Crippen LogP) is 1.56. The van der Waals surface area contributed by atoms with Crippen LogP contribution in [0.5, 0.6) is 0 Å². The number of hydrogen-bond acceptors (Lipinski definition) is 9. The highest BCUT2D eigenvalue weighted by Gasteiger charge is 2.30. The molecule has 31 heavy (non-hydrogen) atoms. The molecule has 0 spiro atoms. The Morgan fingerprint density at radius 3 is 2.45 bits per heavy atom. The van der Waals surface area contributed by atoms with Gasteiger partial charge in [-0.1, -0.05) is 6.58 Å². The van der Waals surface area contributed by atoms with Crippen LogP contribution < -0.4 is 15.7 Å². The van der Waals surface area contributed by atoms with Gasteiger partial charge in [0, 0.05) is 31.5 Å². The molecule has 0 radical (unpaired) electrons. The molecule has 1 amide bonds. The lowest BCUT2D eigenvalue weighted by Gasteiger charge is -2.34. The number of rotatable bonds is 9. The summed E-state index contributed by atoms with van der Waals surface area (Å²) in [5.74, 6) is 0.167. The Kier molecular flexibility index (Phi) is 8.19. The maximum Gasteiger partial charge on any atom is 0.326 e. The van der Waals surface area contributed by atoms with Gasteiger partial charge < -0.3 is 14.4 Å². The fraction of sp³-hybridized carbons (Fsp3) is 0.619. The number of hydroxylamine groups is 1. The number of carbonyl (C=O) groups excluding carboxylic acids is 2. The summed E-state index contributed by atoms with van der Waals surface area (Å²) in [5.41, 5.74) is 1.74. The largest absolute Gasteiger partial charge is 0.497 e. The summed E-state index contributed by atoms with van der Waals surface area (Å²) in [6.45, 7) is 7.10. The van der Waals surface area contributed by atoms with Gasteiger partial charge in [0.1, 0.15) is 18.8 Å². The van der Waals surface area contributed by atoms with Gasteiger partial charge in [-0.15, -0.1) is 0 Å². The Labute approximate surface area is 182 Å². The van der Waals surface area contributed by atoms with Crippen LogP contribution in [0.4, 0.5) is 5.95 Å². The molecule has 1 aromatic rings. The second-order valence-electron chi connectivity index (χ2n) is 8.05. The molecule has 1 aliphatic heterocycles. The average Bonchev–Trinajstić information content (AvgIpc) is 3.29. The molecule has 1 saturated carbocycles. The van der Waals surface area contributed by atoms with Gasteiger partial charge in [0.15, 0.2) is 0 Å². The maximum absolute atomic E-state index is 12.7. The summed E-state index contributed by atoms with van der Waals surface area (Å²) in [5, 5.41) is 12.1. The zero-order valence-corrected chi connectivity index (χ0v) is 17.9. The molecule has 3 rings (SSSR count). The van der Waals surface area contributed by atoms with E-state index in [0.717, 1.165) is 38.5 Å². The zero-order chi connectivity index (χ0) is 22.2. The van der Waals surface area contributed by atoms with Gasteiger partial charge >= 0.3 is 5.97 Å². The van der Waals surface area contributed by atoms with Crippen LogP contribution in [-0.4, -0.2) is 64.9 Å². The van der Waals surface area contributed by atoms with E-state index < -0.39 is 11.9 Å². The van der Waals surface area contributed by atoms with Crippen molar-refractivity contribution < 1.29 is 24.3 Å². The summed E-state index contributed by atoms with van der Waals surface area (Å²) >= 11 is 0. The van der Waals surface area contributed by atoms with Crippen molar-refractivity contribution in [1.29, 1.82) is 0 Å². The summed E-state index contributed by atoms with van der Waals surface area (Å²) in [7, 11) is 0. The SMILES string of the molecule is C=C(C)OC[C@H](NC1CCN(c2ncc(C(=O)NO)cn2)CC1)C(=O)OC1CCCC1. The van der Waals surface area contributed by atoms with Crippen LogP contribution in [0, 0.1) is 0 Å². The van der Waals surface area contributed by atoms with Crippen LogP contribution in [-0.2, 0) is 14.3 Å². The van der Waals surface area contributed by atoms with Crippen LogP contribution in [0.2, 0.25) is 0 Å². The molecule has 10 heteroatoms. The van der Waals surface area contributed by atoms with Crippen LogP contribution in [0.15, 0.2) is 24.7 Å². The van der Waals surface area contributed by atoms with E-state index in [4.69, 9.17) is 14.7 Å². The summed E-state index contributed by atoms with van der Waals surface area (Å²) in [6, 6.07) is -0.410. The van der Waals surface area contributed by atoms with E-state index in [1.54, 1.807) is 12.4 Å². The molecule has 2 heterocycles. The topological polar surface area (TPSA) is 126 Å². The van der Waals surface area contributed by atoms with Crippen molar-refractivity contribution in [2.24, 2.45) is 0 Å². The highest BCUT2D eigenvalue weighted by molar-refractivity contribution is 5.92. The van der Waals surface area contributed by atoms with E-state index in [-0.39, 0.29) is 30.3 Å². The number of carbonyl (C=O) groups is 2. The highest BCUT2D eigenvalue weighted by atomic mass is 16.5. The maximum atomic E-state index is 12.7. The molecule has 2 aliphatic rings. The third-order valence-corrected chi connectivity index (χ3v) is 5.58. The van der Waals surface area contributed by atoms with E-state index >= 15 is 0 Å². The first-order valence-electron chi connectivity index (χ1n) is 10.7. The van der Waals surface area contributed by atoms with Crippen molar-refractivity contribution in [1.82, 2.24) is 20.8 Å². The van der Waals surface area contributed by atoms with Crippen molar-refractivity contribution in [2.45, 2.75) is 63.6 Å². The van der Waals surface area contributed by atoms with Crippen LogP contribution >= 0.6 is 0 Å². The smallest absolute Gasteiger partial charge is 0.326 e. The van der Waals surface area contributed by atoms with Crippen molar-refractivity contribution >= 4 is 17.8 Å². The minimum atomic E-state index is -0.651. The Balaban J connectivity index is 1.52. The van der Waals surface area contributed by atoms with Crippen molar-refractivity contribution in [3.05, 3.63) is 30.3 Å². The molecule has 170 valence electrons. The minimum Gasteiger partial charge on any atom is -0.497 e. The first-order valence-corrected chi connectivity index (χ1v) is 10.7. The number of nitrogens with one attached hydrogen (secondary N) is 2. The Hall–Kier alpha value is -2.72. The van der Waals surface area contributed by atoms with Crippen LogP contribution in [0.1, 0.15) is 55.8 Å². The standard InChI is InChI=1S/C21H31N5O5/c1-14(2)30-13-18(20(28)31-17-5-3-4-6-17)24-16-7-9-26(10-8-16)21-22-11-15(12-23-21)19(27)25-29/h11-12,16-18,24,29H,1,3-10,13H2,2H3,(H,25,27)/t18-/m0/s1. The monoisotopic (exact) mass is 433 g/mol. The van der Waals surface area contributed by atoms with Gasteiger partial charge in [0.2, 0.25) is 5.95 Å². The van der Waals surface area contributed by atoms with Gasteiger partial charge in [0.05, 0.1) is 11.3 Å². The number of nitrogens with zero attached hydrogens (tertiary/aromatic N) is 3. The first-order chi connectivity index (χ1) is 15.0. The molecule has 1 aromatic heterocycles. The average molecular weight is 434 g/mol. The third-order valence-electron chi connectivity index (χ3n) is 5.58. The van der Waals surface area contributed by atoms with E-state index in [9.17, 15) is 9.59 Å². The van der Waals surface area contributed by atoms with Crippen molar-refractivity contribution in [3.63, 3.8) is 0 Å². The molecule has 10 nitrogen and oxygen atoms in total. The molecule has 1 saturated heterocycles. The molecule has 3 N–H and O–H groups in total. The number of anilines is 1. The quantitative estimate of drug-likeness (QED) is 0.230. The fourth-order valence-corrected chi connectivity index (χ4v) is 3.86. The Morgan fingerprint density at radius 1 is 1.23 bits per heavy atom. The number of allylic oxidation sites excluding steroid dienone is 1. The number of ether oxygens (including phenoxy) is 2. The number of hydrogen-bond donors (Lipinski definition) is 3. The van der Waals surface area contributed by atoms with E-state index in [1.165, 1.54) is 12.4 Å². The van der Waals surface area contributed by atoms with Gasteiger partial charge in [-0.3, -0.25) is 20.1 Å². The summed E-state index contributed by atoms with van der Waals surface area (Å²) in [6.07, 6.45) is 8.41. The van der Waals surface area contributed by atoms with Crippen LogP contribution in [0.3, 0.4) is 0 Å². The third kappa shape index (κ3) is 6.63. The minimum absolute atomic E-state index is 0.0107. The predicted molar refractivity (Wildman–Crippen MR) is 113 cm³/mol. The lowest BCUT2D eigenvalue weighted by atomic mass is 10.0. The first kappa shape index (κ1) is 23.0. The molecule has 2 fully saturated rings. The zero-order valence-electron chi connectivity index (χ0n) is 17.9. The number of esters is 1. The second-order valence-corrected chi connectivity index (χ2v) is 8.05. The van der Waals surface area contributed by atoms with Gasteiger partial charge in [-0.05, 0) is 45.4 Å². The van der Waals surface area contributed by atoms with E-state index in [1.807, 2.05) is 4.90 Å². The molecule has 0 unspecified atom stereocenters. The lowest BCUT2D eigenvalue weighted by Crippen LogP contribution is -2.51. The van der Waals surface area contributed by atoms with Crippen LogP contribution in [0.25, 0.3) is 0 Å². The van der Waals surface area contributed by atoms with Crippen molar-refractivity contribution in [3.8, 4) is 0 Å². The Bertz CT molecular complexity index is 758. The van der Waals surface area contributed by atoms with E-state index in [2.05, 4.69) is 21.9 Å². The fourth-order valence-electron chi connectivity index (χ4n) is 3.86. The highest BCUT2D eigenvalue weighted by Crippen LogP contribution is 2.22. The second kappa shape index (κ2) is 11.1. The molecular formula is C21H31N5O5. The van der Waals surface area contributed by atoms with E-state index in [0.29, 0.717) is 24.8 Å². The van der Waals surface area contributed by atoms with Gasteiger partial charge in [-0.25, -0.2) is 15.4 Å². The lowest BCUT2D eigenvalue weighted by molar-refractivity contribution is -0.153. The normalized spacial score (nSPS) is 18.5. The molecule has 0 aromatic carbocycles. The molecule has 1 aliphatic carbocycles. The Morgan fingerprint density at radius 2 is 1.87 bits per heavy atom. The molecule has 1 atom stereocenters. The molecule has 0 bridgehead atoms. The number of amides is 1. The summed E-state index contributed by atoms with van der Waals surface area (Å²) in [4.78, 5) is 34.5. The van der Waals surface area contributed by atoms with Crippen molar-refractivity contribution in [2.75, 3.05) is 24.6 Å². The summed E-state index contributed by atoms with van der Waals surface area (Å²) < 4.78 is 11.2.